The normalized spacial score (nSPS) is 17.4. The molecule has 1 rings (SSSR count). The molecular weight excluding hydrogens is 192 g/mol. The Morgan fingerprint density at radius 1 is 1.27 bits per heavy atom. The van der Waals surface area contributed by atoms with Crippen LogP contribution in [-0.4, -0.2) is 31.8 Å². The largest absolute Gasteiger partial charge is 0.376 e. The van der Waals surface area contributed by atoms with Crippen molar-refractivity contribution in [2.75, 3.05) is 19.7 Å². The summed E-state index contributed by atoms with van der Waals surface area (Å²) in [4.78, 5) is 11.0. The van der Waals surface area contributed by atoms with E-state index in [0.717, 1.165) is 0 Å². The van der Waals surface area contributed by atoms with Gasteiger partial charge in [0.15, 0.2) is 0 Å². The minimum atomic E-state index is -0.107. The van der Waals surface area contributed by atoms with Gasteiger partial charge in [0.2, 0.25) is 0 Å². The Bertz CT molecular complexity index is 179. The lowest BCUT2D eigenvalue weighted by Crippen LogP contribution is -2.37. The van der Waals surface area contributed by atoms with E-state index in [9.17, 15) is 4.79 Å². The molecule has 2 N–H and O–H groups in total. The number of hydrogen-bond acceptors (Lipinski definition) is 2. The predicted octanol–water partition coefficient (Wildman–Crippen LogP) is 1.65. The molecule has 0 aromatic carbocycles. The molecule has 0 radical (unpaired) electrons. The maximum absolute atomic E-state index is 11.0. The zero-order valence-electron chi connectivity index (χ0n) is 9.55. The molecule has 4 nitrogen and oxygen atoms in total. The Morgan fingerprint density at radius 2 is 2.00 bits per heavy atom. The van der Waals surface area contributed by atoms with Crippen molar-refractivity contribution in [3.63, 3.8) is 0 Å². The molecule has 0 aromatic rings. The average Bonchev–Trinajstić information content (AvgIpc) is 2.26. The van der Waals surface area contributed by atoms with E-state index in [1.807, 2.05) is 6.92 Å². The minimum Gasteiger partial charge on any atom is -0.376 e. The quantitative estimate of drug-likeness (QED) is 0.684. The van der Waals surface area contributed by atoms with E-state index in [2.05, 4.69) is 10.6 Å². The summed E-state index contributed by atoms with van der Waals surface area (Å²) in [5.74, 6) is 0. The number of ether oxygens (including phenoxy) is 1. The summed E-state index contributed by atoms with van der Waals surface area (Å²) in [6.45, 7) is 3.79. The fraction of sp³-hybridized carbons (Fsp3) is 0.909. The molecule has 0 heterocycles. The highest BCUT2D eigenvalue weighted by Crippen LogP contribution is 2.19. The summed E-state index contributed by atoms with van der Waals surface area (Å²) in [5, 5.41) is 5.43. The van der Waals surface area contributed by atoms with Crippen molar-refractivity contribution in [2.45, 2.75) is 45.1 Å². The number of carbonyl (C=O) groups is 1. The van der Waals surface area contributed by atoms with Gasteiger partial charge < -0.3 is 15.4 Å². The summed E-state index contributed by atoms with van der Waals surface area (Å²) in [6.07, 6.45) is 6.71. The van der Waals surface area contributed by atoms with Gasteiger partial charge in [-0.25, -0.2) is 4.79 Å². The molecule has 2 amide bonds. The van der Waals surface area contributed by atoms with Crippen molar-refractivity contribution in [1.82, 2.24) is 10.6 Å². The second-order valence-electron chi connectivity index (χ2n) is 3.92. The van der Waals surface area contributed by atoms with Crippen LogP contribution in [0.25, 0.3) is 0 Å². The van der Waals surface area contributed by atoms with Crippen molar-refractivity contribution in [3.8, 4) is 0 Å². The first-order valence-corrected chi connectivity index (χ1v) is 5.96. The van der Waals surface area contributed by atoms with Crippen molar-refractivity contribution in [1.29, 1.82) is 0 Å². The highest BCUT2D eigenvalue weighted by molar-refractivity contribution is 5.73. The number of rotatable bonds is 5. The summed E-state index contributed by atoms with van der Waals surface area (Å²) >= 11 is 0. The molecule has 15 heavy (non-hydrogen) atoms. The monoisotopic (exact) mass is 214 g/mol. The summed E-state index contributed by atoms with van der Waals surface area (Å²) in [7, 11) is 0. The first-order valence-electron chi connectivity index (χ1n) is 5.96. The van der Waals surface area contributed by atoms with Crippen LogP contribution in [0, 0.1) is 0 Å². The zero-order chi connectivity index (χ0) is 10.9. The average molecular weight is 214 g/mol. The van der Waals surface area contributed by atoms with Crippen LogP contribution in [-0.2, 0) is 4.74 Å². The Hall–Kier alpha value is -0.770. The summed E-state index contributed by atoms with van der Waals surface area (Å²) < 4.78 is 5.67. The van der Waals surface area contributed by atoms with E-state index in [1.165, 1.54) is 32.1 Å². The molecule has 88 valence electrons. The van der Waals surface area contributed by atoms with E-state index >= 15 is 0 Å². The molecule has 0 saturated heterocycles. The van der Waals surface area contributed by atoms with Gasteiger partial charge in [0.1, 0.15) is 0 Å². The van der Waals surface area contributed by atoms with Crippen LogP contribution in [0.5, 0.6) is 0 Å². The number of nitrogens with one attached hydrogen (secondary N) is 2. The molecule has 1 aliphatic rings. The number of carbonyl (C=O) groups excluding carboxylic acids is 1. The Morgan fingerprint density at radius 3 is 2.67 bits per heavy atom. The number of amides is 2. The van der Waals surface area contributed by atoms with Crippen LogP contribution in [0.3, 0.4) is 0 Å². The van der Waals surface area contributed by atoms with Crippen LogP contribution in [0.2, 0.25) is 0 Å². The topological polar surface area (TPSA) is 50.4 Å². The fourth-order valence-electron chi connectivity index (χ4n) is 1.85. The lowest BCUT2D eigenvalue weighted by atomic mass is 9.98. The van der Waals surface area contributed by atoms with Gasteiger partial charge in [-0.1, -0.05) is 19.3 Å². The van der Waals surface area contributed by atoms with Gasteiger partial charge in [0.05, 0.1) is 12.7 Å². The van der Waals surface area contributed by atoms with E-state index in [1.54, 1.807) is 0 Å². The second kappa shape index (κ2) is 7.51. The molecule has 0 unspecified atom stereocenters. The summed E-state index contributed by atoms with van der Waals surface area (Å²) in [6, 6.07) is -0.107. The van der Waals surface area contributed by atoms with Crippen LogP contribution >= 0.6 is 0 Å². The van der Waals surface area contributed by atoms with E-state index < -0.39 is 0 Å². The highest BCUT2D eigenvalue weighted by Gasteiger charge is 2.12. The minimum absolute atomic E-state index is 0.107. The van der Waals surface area contributed by atoms with Gasteiger partial charge in [-0.3, -0.25) is 0 Å². The first kappa shape index (κ1) is 12.3. The molecule has 0 bridgehead atoms. The SMILES string of the molecule is CCNC(=O)NCCOC1CCCCC1. The van der Waals surface area contributed by atoms with E-state index in [-0.39, 0.29) is 6.03 Å². The highest BCUT2D eigenvalue weighted by atomic mass is 16.5. The van der Waals surface area contributed by atoms with E-state index in [0.29, 0.717) is 25.8 Å². The smallest absolute Gasteiger partial charge is 0.314 e. The maximum atomic E-state index is 11.0. The Labute approximate surface area is 91.8 Å². The molecule has 0 atom stereocenters. The fourth-order valence-corrected chi connectivity index (χ4v) is 1.85. The molecule has 4 heteroatoms. The van der Waals surface area contributed by atoms with Crippen LogP contribution in [0.15, 0.2) is 0 Å². The van der Waals surface area contributed by atoms with Crippen molar-refractivity contribution >= 4 is 6.03 Å². The van der Waals surface area contributed by atoms with Crippen molar-refractivity contribution in [2.24, 2.45) is 0 Å². The van der Waals surface area contributed by atoms with Crippen LogP contribution in [0.4, 0.5) is 4.79 Å². The molecule has 0 spiro atoms. The van der Waals surface area contributed by atoms with Crippen molar-refractivity contribution < 1.29 is 9.53 Å². The first-order chi connectivity index (χ1) is 7.33. The lowest BCUT2D eigenvalue weighted by Gasteiger charge is -2.21. The maximum Gasteiger partial charge on any atom is 0.314 e. The van der Waals surface area contributed by atoms with Crippen LogP contribution < -0.4 is 10.6 Å². The third-order valence-electron chi connectivity index (χ3n) is 2.63. The van der Waals surface area contributed by atoms with Gasteiger partial charge in [0.25, 0.3) is 0 Å². The third kappa shape index (κ3) is 5.62. The lowest BCUT2D eigenvalue weighted by molar-refractivity contribution is 0.0311. The molecule has 0 aliphatic heterocycles. The van der Waals surface area contributed by atoms with Crippen LogP contribution in [0.1, 0.15) is 39.0 Å². The second-order valence-corrected chi connectivity index (χ2v) is 3.92. The molecular formula is C11H22N2O2. The van der Waals surface area contributed by atoms with Gasteiger partial charge >= 0.3 is 6.03 Å². The summed E-state index contributed by atoms with van der Waals surface area (Å²) in [5.41, 5.74) is 0. The third-order valence-corrected chi connectivity index (χ3v) is 2.63. The van der Waals surface area contributed by atoms with Gasteiger partial charge in [-0.05, 0) is 19.8 Å². The number of urea groups is 1. The Balaban J connectivity index is 1.93. The van der Waals surface area contributed by atoms with Gasteiger partial charge in [-0.2, -0.15) is 0 Å². The molecule has 1 aliphatic carbocycles. The predicted molar refractivity (Wildman–Crippen MR) is 59.9 cm³/mol. The van der Waals surface area contributed by atoms with E-state index in [4.69, 9.17) is 4.74 Å². The molecule has 0 aromatic heterocycles. The number of hydrogen-bond donors (Lipinski definition) is 2. The van der Waals surface area contributed by atoms with Gasteiger partial charge in [-0.15, -0.1) is 0 Å². The standard InChI is InChI=1S/C11H22N2O2/c1-2-12-11(14)13-8-9-15-10-6-4-3-5-7-10/h10H,2-9H2,1H3,(H2,12,13,14). The van der Waals surface area contributed by atoms with Gasteiger partial charge in [0, 0.05) is 13.1 Å². The van der Waals surface area contributed by atoms with Crippen molar-refractivity contribution in [3.05, 3.63) is 0 Å². The molecule has 1 fully saturated rings. The zero-order valence-corrected chi connectivity index (χ0v) is 9.55. The molecule has 1 saturated carbocycles. The Kier molecular flexibility index (Phi) is 6.16.